The fourth-order valence-corrected chi connectivity index (χ4v) is 3.54. The van der Waals surface area contributed by atoms with Crippen LogP contribution in [0, 0.1) is 0 Å². The first-order chi connectivity index (χ1) is 7.43. The first-order valence-electron chi connectivity index (χ1n) is 5.95. The normalized spacial score (nSPS) is 27.7. The lowest BCUT2D eigenvalue weighted by Gasteiger charge is -2.26. The van der Waals surface area contributed by atoms with E-state index in [0.717, 1.165) is 6.04 Å². The number of nitrogens with zero attached hydrogens (tertiary/aromatic N) is 2. The van der Waals surface area contributed by atoms with Crippen molar-refractivity contribution in [2.75, 3.05) is 31.1 Å². The maximum Gasteiger partial charge on any atom is 0.0475 e. The van der Waals surface area contributed by atoms with Crippen molar-refractivity contribution in [1.29, 1.82) is 0 Å². The third kappa shape index (κ3) is 1.91. The molecule has 2 aliphatic rings. The second-order valence-electron chi connectivity index (χ2n) is 4.61. The molecule has 15 heavy (non-hydrogen) atoms. The maximum absolute atomic E-state index is 2.69. The minimum absolute atomic E-state index is 0.826. The molecule has 0 radical (unpaired) electrons. The molecule has 1 atom stereocenters. The lowest BCUT2D eigenvalue weighted by atomic mass is 10.2. The van der Waals surface area contributed by atoms with Crippen molar-refractivity contribution in [3.8, 4) is 0 Å². The summed E-state index contributed by atoms with van der Waals surface area (Å²) in [5, 5.41) is 4.47. The number of hydrogen-bond donors (Lipinski definition) is 0. The monoisotopic (exact) mass is 222 g/mol. The van der Waals surface area contributed by atoms with E-state index in [4.69, 9.17) is 0 Å². The van der Waals surface area contributed by atoms with E-state index in [-0.39, 0.29) is 0 Å². The molecule has 3 heteroatoms. The average Bonchev–Trinajstić information content (AvgIpc) is 2.86. The summed E-state index contributed by atoms with van der Waals surface area (Å²) in [4.78, 5) is 5.26. The Morgan fingerprint density at radius 1 is 1.20 bits per heavy atom. The number of anilines is 1. The molecule has 2 fully saturated rings. The van der Waals surface area contributed by atoms with Gasteiger partial charge in [0.15, 0.2) is 0 Å². The molecule has 0 bridgehead atoms. The van der Waals surface area contributed by atoms with Gasteiger partial charge in [-0.3, -0.25) is 4.90 Å². The zero-order chi connectivity index (χ0) is 10.1. The van der Waals surface area contributed by atoms with E-state index in [0.29, 0.717) is 0 Å². The quantitative estimate of drug-likeness (QED) is 0.720. The summed E-state index contributed by atoms with van der Waals surface area (Å²) in [5.74, 6) is 0. The van der Waals surface area contributed by atoms with Gasteiger partial charge in [0.1, 0.15) is 0 Å². The Morgan fingerprint density at radius 2 is 2.13 bits per heavy atom. The predicted molar refractivity (Wildman–Crippen MR) is 65.7 cm³/mol. The summed E-state index contributed by atoms with van der Waals surface area (Å²) in [5.41, 5.74) is 1.44. The van der Waals surface area contributed by atoms with E-state index in [1.165, 1.54) is 51.1 Å². The molecule has 3 rings (SSSR count). The van der Waals surface area contributed by atoms with Gasteiger partial charge in [-0.2, -0.15) is 11.3 Å². The Hall–Kier alpha value is -0.540. The molecule has 82 valence electrons. The van der Waals surface area contributed by atoms with Crippen LogP contribution in [0.4, 0.5) is 5.69 Å². The number of fused-ring (bicyclic) bond motifs is 1. The van der Waals surface area contributed by atoms with Crippen LogP contribution in [0.5, 0.6) is 0 Å². The number of thiophene rings is 1. The summed E-state index contributed by atoms with van der Waals surface area (Å²) in [6.07, 6.45) is 4.13. The predicted octanol–water partition coefficient (Wildman–Crippen LogP) is 2.42. The fourth-order valence-electron chi connectivity index (χ4n) is 2.88. The number of rotatable bonds is 1. The highest BCUT2D eigenvalue weighted by molar-refractivity contribution is 7.08. The van der Waals surface area contributed by atoms with Gasteiger partial charge in [0.25, 0.3) is 0 Å². The summed E-state index contributed by atoms with van der Waals surface area (Å²) in [6, 6.07) is 3.09. The van der Waals surface area contributed by atoms with E-state index in [2.05, 4.69) is 26.6 Å². The van der Waals surface area contributed by atoms with Crippen molar-refractivity contribution in [2.45, 2.75) is 25.3 Å². The van der Waals surface area contributed by atoms with Crippen LogP contribution < -0.4 is 4.90 Å². The van der Waals surface area contributed by atoms with Gasteiger partial charge in [-0.25, -0.2) is 0 Å². The highest BCUT2D eigenvalue weighted by Gasteiger charge is 2.28. The minimum atomic E-state index is 0.826. The largest absolute Gasteiger partial charge is 0.369 e. The molecule has 0 spiro atoms. The van der Waals surface area contributed by atoms with Crippen LogP contribution in [-0.4, -0.2) is 37.1 Å². The van der Waals surface area contributed by atoms with Crippen LogP contribution in [0.25, 0.3) is 0 Å². The molecule has 2 saturated heterocycles. The van der Waals surface area contributed by atoms with Gasteiger partial charge in [0, 0.05) is 36.7 Å². The summed E-state index contributed by atoms with van der Waals surface area (Å²) in [7, 11) is 0. The van der Waals surface area contributed by atoms with Crippen molar-refractivity contribution in [1.82, 2.24) is 4.90 Å². The highest BCUT2D eigenvalue weighted by atomic mass is 32.1. The summed E-state index contributed by atoms with van der Waals surface area (Å²) < 4.78 is 0. The zero-order valence-electron chi connectivity index (χ0n) is 9.06. The van der Waals surface area contributed by atoms with Crippen molar-refractivity contribution in [2.24, 2.45) is 0 Å². The smallest absolute Gasteiger partial charge is 0.0475 e. The molecule has 1 unspecified atom stereocenters. The fraction of sp³-hybridized carbons (Fsp3) is 0.667. The molecule has 2 aliphatic heterocycles. The van der Waals surface area contributed by atoms with Gasteiger partial charge in [0.05, 0.1) is 0 Å². The summed E-state index contributed by atoms with van der Waals surface area (Å²) >= 11 is 1.81. The first kappa shape index (κ1) is 9.67. The molecular weight excluding hydrogens is 204 g/mol. The van der Waals surface area contributed by atoms with Gasteiger partial charge < -0.3 is 4.90 Å². The standard InChI is InChI=1S/C12H18N2S/c1-3-11-9-14(12-4-8-15-10-12)7-2-6-13(11)5-1/h4,8,10-11H,1-3,5-7,9H2. The molecule has 2 nitrogen and oxygen atoms in total. The lowest BCUT2D eigenvalue weighted by Crippen LogP contribution is -2.36. The Balaban J connectivity index is 1.75. The molecule has 0 N–H and O–H groups in total. The van der Waals surface area contributed by atoms with Crippen molar-refractivity contribution < 1.29 is 0 Å². The van der Waals surface area contributed by atoms with Crippen LogP contribution in [-0.2, 0) is 0 Å². The van der Waals surface area contributed by atoms with Crippen LogP contribution >= 0.6 is 11.3 Å². The average molecular weight is 222 g/mol. The van der Waals surface area contributed by atoms with Gasteiger partial charge >= 0.3 is 0 Å². The van der Waals surface area contributed by atoms with E-state index in [9.17, 15) is 0 Å². The summed E-state index contributed by atoms with van der Waals surface area (Å²) in [6.45, 7) is 5.13. The van der Waals surface area contributed by atoms with Crippen LogP contribution in [0.2, 0.25) is 0 Å². The lowest BCUT2D eigenvalue weighted by molar-refractivity contribution is 0.273. The Morgan fingerprint density at radius 3 is 3.00 bits per heavy atom. The van der Waals surface area contributed by atoms with Crippen LogP contribution in [0.15, 0.2) is 16.8 Å². The Bertz CT molecular complexity index is 309. The van der Waals surface area contributed by atoms with Crippen LogP contribution in [0.1, 0.15) is 19.3 Å². The molecule has 0 amide bonds. The second kappa shape index (κ2) is 4.14. The van der Waals surface area contributed by atoms with Crippen LogP contribution in [0.3, 0.4) is 0 Å². The second-order valence-corrected chi connectivity index (χ2v) is 5.39. The molecule has 1 aromatic rings. The van der Waals surface area contributed by atoms with E-state index in [1.54, 1.807) is 0 Å². The molecular formula is C12H18N2S. The van der Waals surface area contributed by atoms with Gasteiger partial charge in [-0.1, -0.05) is 0 Å². The van der Waals surface area contributed by atoms with Crippen molar-refractivity contribution in [3.05, 3.63) is 16.8 Å². The van der Waals surface area contributed by atoms with Gasteiger partial charge in [-0.15, -0.1) is 0 Å². The van der Waals surface area contributed by atoms with E-state index in [1.807, 2.05) is 11.3 Å². The maximum atomic E-state index is 2.69. The Kier molecular flexibility index (Phi) is 2.67. The molecule has 0 saturated carbocycles. The minimum Gasteiger partial charge on any atom is -0.369 e. The van der Waals surface area contributed by atoms with E-state index < -0.39 is 0 Å². The Labute approximate surface area is 95.5 Å². The SMILES string of the molecule is c1cc(N2CCCN3CCCC3C2)cs1. The van der Waals surface area contributed by atoms with E-state index >= 15 is 0 Å². The third-order valence-electron chi connectivity index (χ3n) is 3.67. The highest BCUT2D eigenvalue weighted by Crippen LogP contribution is 2.26. The molecule has 0 aliphatic carbocycles. The zero-order valence-corrected chi connectivity index (χ0v) is 9.88. The van der Waals surface area contributed by atoms with Crippen molar-refractivity contribution >= 4 is 17.0 Å². The van der Waals surface area contributed by atoms with Gasteiger partial charge in [-0.05, 0) is 37.3 Å². The van der Waals surface area contributed by atoms with Gasteiger partial charge in [0.2, 0.25) is 0 Å². The first-order valence-corrected chi connectivity index (χ1v) is 6.89. The number of hydrogen-bond acceptors (Lipinski definition) is 3. The topological polar surface area (TPSA) is 6.48 Å². The molecule has 1 aromatic heterocycles. The third-order valence-corrected chi connectivity index (χ3v) is 4.35. The van der Waals surface area contributed by atoms with Crippen molar-refractivity contribution in [3.63, 3.8) is 0 Å². The molecule has 3 heterocycles. The molecule has 0 aromatic carbocycles.